The standard InChI is InChI=1S/C26H22N4O3/c1-32-25(31)22-23(19-10-6-3-7-11-19)29-26-27-17-28-30(26)24(22)20-12-14-21(15-13-20)33-16-18-8-4-2-5-9-18/h2-15,17,24H,16H2,1H3,(H,27,28,29). The number of hydrogen-bond acceptors (Lipinski definition) is 6. The molecule has 1 atom stereocenters. The Bertz CT molecular complexity index is 1280. The van der Waals surface area contributed by atoms with Crippen LogP contribution in [0.25, 0.3) is 5.70 Å². The van der Waals surface area contributed by atoms with Crippen LogP contribution in [0.15, 0.2) is 96.8 Å². The molecule has 1 aliphatic rings. The zero-order valence-electron chi connectivity index (χ0n) is 18.0. The molecule has 0 saturated heterocycles. The van der Waals surface area contributed by atoms with E-state index in [0.29, 0.717) is 23.8 Å². The number of fused-ring (bicyclic) bond motifs is 1. The predicted octanol–water partition coefficient (Wildman–Crippen LogP) is 4.46. The highest BCUT2D eigenvalue weighted by molar-refractivity contribution is 6.02. The number of carbonyl (C=O) groups excluding carboxylic acids is 1. The van der Waals surface area contributed by atoms with Gasteiger partial charge in [0, 0.05) is 0 Å². The number of benzene rings is 3. The summed E-state index contributed by atoms with van der Waals surface area (Å²) >= 11 is 0. The molecule has 0 fully saturated rings. The maximum Gasteiger partial charge on any atom is 0.338 e. The third-order valence-electron chi connectivity index (χ3n) is 5.51. The second-order valence-electron chi connectivity index (χ2n) is 7.55. The molecule has 0 spiro atoms. The fourth-order valence-electron chi connectivity index (χ4n) is 3.92. The lowest BCUT2D eigenvalue weighted by atomic mass is 9.93. The summed E-state index contributed by atoms with van der Waals surface area (Å²) in [6.07, 6.45) is 1.47. The molecule has 1 aliphatic heterocycles. The zero-order chi connectivity index (χ0) is 22.6. The predicted molar refractivity (Wildman–Crippen MR) is 124 cm³/mol. The van der Waals surface area contributed by atoms with Crippen LogP contribution in [0.4, 0.5) is 5.95 Å². The molecule has 2 heterocycles. The third kappa shape index (κ3) is 4.08. The van der Waals surface area contributed by atoms with E-state index < -0.39 is 12.0 Å². The average molecular weight is 438 g/mol. The largest absolute Gasteiger partial charge is 0.489 e. The fraction of sp³-hybridized carbons (Fsp3) is 0.115. The van der Waals surface area contributed by atoms with Crippen LogP contribution < -0.4 is 10.1 Å². The number of aromatic nitrogens is 3. The van der Waals surface area contributed by atoms with Gasteiger partial charge in [-0.25, -0.2) is 9.48 Å². The van der Waals surface area contributed by atoms with E-state index in [2.05, 4.69) is 15.4 Å². The Hall–Kier alpha value is -4.39. The van der Waals surface area contributed by atoms with Crippen LogP contribution in [-0.2, 0) is 16.1 Å². The quantitative estimate of drug-likeness (QED) is 0.448. The second kappa shape index (κ2) is 9.00. The van der Waals surface area contributed by atoms with Gasteiger partial charge in [0.2, 0.25) is 5.95 Å². The normalized spacial score (nSPS) is 14.9. The Kier molecular flexibility index (Phi) is 5.59. The molecule has 3 aromatic carbocycles. The Balaban J connectivity index is 1.52. The van der Waals surface area contributed by atoms with Gasteiger partial charge < -0.3 is 14.8 Å². The van der Waals surface area contributed by atoms with Crippen molar-refractivity contribution in [1.82, 2.24) is 14.8 Å². The smallest absolute Gasteiger partial charge is 0.338 e. The average Bonchev–Trinajstić information content (AvgIpc) is 3.36. The highest BCUT2D eigenvalue weighted by Gasteiger charge is 2.35. The Labute approximate surface area is 191 Å². The maximum absolute atomic E-state index is 13.0. The topological polar surface area (TPSA) is 78.3 Å². The number of methoxy groups -OCH3 is 1. The highest BCUT2D eigenvalue weighted by atomic mass is 16.5. The van der Waals surface area contributed by atoms with Gasteiger partial charge >= 0.3 is 5.97 Å². The summed E-state index contributed by atoms with van der Waals surface area (Å²) in [5.41, 5.74) is 3.93. The molecular weight excluding hydrogens is 416 g/mol. The van der Waals surface area contributed by atoms with E-state index in [1.807, 2.05) is 84.9 Å². The lowest BCUT2D eigenvalue weighted by Gasteiger charge is -2.29. The molecule has 7 heteroatoms. The number of nitrogens with zero attached hydrogens (tertiary/aromatic N) is 3. The van der Waals surface area contributed by atoms with Crippen molar-refractivity contribution >= 4 is 17.6 Å². The third-order valence-corrected chi connectivity index (χ3v) is 5.51. The highest BCUT2D eigenvalue weighted by Crippen LogP contribution is 2.39. The van der Waals surface area contributed by atoms with Gasteiger partial charge in [0.25, 0.3) is 0 Å². The van der Waals surface area contributed by atoms with Gasteiger partial charge in [0.1, 0.15) is 24.7 Å². The van der Waals surface area contributed by atoms with Crippen molar-refractivity contribution in [3.05, 3.63) is 114 Å². The first kappa shape index (κ1) is 20.5. The molecule has 0 bridgehead atoms. The van der Waals surface area contributed by atoms with E-state index in [-0.39, 0.29) is 0 Å². The molecular formula is C26H22N4O3. The summed E-state index contributed by atoms with van der Waals surface area (Å²) in [7, 11) is 1.38. The number of ether oxygens (including phenoxy) is 2. The minimum Gasteiger partial charge on any atom is -0.489 e. The summed E-state index contributed by atoms with van der Waals surface area (Å²) < 4.78 is 12.8. The van der Waals surface area contributed by atoms with Gasteiger partial charge in [-0.1, -0.05) is 72.8 Å². The van der Waals surface area contributed by atoms with Crippen molar-refractivity contribution in [3.63, 3.8) is 0 Å². The number of rotatable bonds is 6. The first-order chi connectivity index (χ1) is 16.2. The summed E-state index contributed by atoms with van der Waals surface area (Å²) in [4.78, 5) is 17.3. The first-order valence-electron chi connectivity index (χ1n) is 10.6. The van der Waals surface area contributed by atoms with Crippen LogP contribution >= 0.6 is 0 Å². The van der Waals surface area contributed by atoms with Crippen LogP contribution in [0, 0.1) is 0 Å². The molecule has 164 valence electrons. The number of esters is 1. The Morgan fingerprint density at radius 3 is 2.36 bits per heavy atom. The van der Waals surface area contributed by atoms with Crippen LogP contribution in [0.5, 0.6) is 5.75 Å². The van der Waals surface area contributed by atoms with Crippen molar-refractivity contribution in [2.24, 2.45) is 0 Å². The van der Waals surface area contributed by atoms with Gasteiger partial charge in [-0.3, -0.25) is 0 Å². The summed E-state index contributed by atoms with van der Waals surface area (Å²) in [6.45, 7) is 0.478. The fourth-order valence-corrected chi connectivity index (χ4v) is 3.92. The van der Waals surface area contributed by atoms with Crippen molar-refractivity contribution < 1.29 is 14.3 Å². The van der Waals surface area contributed by atoms with E-state index >= 15 is 0 Å². The van der Waals surface area contributed by atoms with Gasteiger partial charge in [-0.2, -0.15) is 10.1 Å². The van der Waals surface area contributed by atoms with Crippen molar-refractivity contribution in [2.75, 3.05) is 12.4 Å². The Morgan fingerprint density at radius 2 is 1.67 bits per heavy atom. The molecule has 0 amide bonds. The molecule has 4 aromatic rings. The lowest BCUT2D eigenvalue weighted by molar-refractivity contribution is -0.136. The van der Waals surface area contributed by atoms with E-state index in [9.17, 15) is 4.79 Å². The molecule has 0 saturated carbocycles. The number of carbonyl (C=O) groups is 1. The van der Waals surface area contributed by atoms with Crippen molar-refractivity contribution in [2.45, 2.75) is 12.6 Å². The minimum atomic E-state index is -0.505. The monoisotopic (exact) mass is 438 g/mol. The maximum atomic E-state index is 13.0. The number of nitrogens with one attached hydrogen (secondary N) is 1. The molecule has 7 nitrogen and oxygen atoms in total. The van der Waals surface area contributed by atoms with Gasteiger partial charge in [-0.15, -0.1) is 0 Å². The van der Waals surface area contributed by atoms with Crippen molar-refractivity contribution in [1.29, 1.82) is 0 Å². The Morgan fingerprint density at radius 1 is 0.970 bits per heavy atom. The lowest BCUT2D eigenvalue weighted by Crippen LogP contribution is -2.29. The van der Waals surface area contributed by atoms with Crippen molar-refractivity contribution in [3.8, 4) is 5.75 Å². The second-order valence-corrected chi connectivity index (χ2v) is 7.55. The first-order valence-corrected chi connectivity index (χ1v) is 10.6. The van der Waals surface area contributed by atoms with Crippen LogP contribution in [-0.4, -0.2) is 27.8 Å². The molecule has 33 heavy (non-hydrogen) atoms. The molecule has 0 aliphatic carbocycles. The summed E-state index contributed by atoms with van der Waals surface area (Å²) in [5, 5.41) is 7.63. The number of anilines is 1. The SMILES string of the molecule is COC(=O)C1=C(c2ccccc2)Nc2ncnn2C1c1ccc(OCc2ccccc2)cc1. The molecule has 1 aromatic heterocycles. The molecule has 5 rings (SSSR count). The molecule has 1 unspecified atom stereocenters. The van der Waals surface area contributed by atoms with E-state index in [0.717, 1.165) is 22.4 Å². The van der Waals surface area contributed by atoms with Crippen LogP contribution in [0.3, 0.4) is 0 Å². The summed E-state index contributed by atoms with van der Waals surface area (Å²) in [6, 6.07) is 26.8. The van der Waals surface area contributed by atoms with E-state index in [1.54, 1.807) is 4.68 Å². The van der Waals surface area contributed by atoms with Gasteiger partial charge in [-0.05, 0) is 28.8 Å². The zero-order valence-corrected chi connectivity index (χ0v) is 18.0. The van der Waals surface area contributed by atoms with E-state index in [1.165, 1.54) is 13.4 Å². The van der Waals surface area contributed by atoms with Gasteiger partial charge in [0.15, 0.2) is 0 Å². The minimum absolute atomic E-state index is 0.433. The summed E-state index contributed by atoms with van der Waals surface area (Å²) in [5.74, 6) is 0.857. The molecule has 1 N–H and O–H groups in total. The number of hydrogen-bond donors (Lipinski definition) is 1. The van der Waals surface area contributed by atoms with Crippen LogP contribution in [0.1, 0.15) is 22.7 Å². The molecule has 0 radical (unpaired) electrons. The van der Waals surface area contributed by atoms with E-state index in [4.69, 9.17) is 9.47 Å². The van der Waals surface area contributed by atoms with Gasteiger partial charge in [0.05, 0.1) is 18.4 Å². The van der Waals surface area contributed by atoms with Crippen LogP contribution in [0.2, 0.25) is 0 Å².